The Morgan fingerprint density at radius 3 is 2.51 bits per heavy atom. The number of amides is 3. The fraction of sp³-hybridized carbons (Fsp3) is 0.385. The maximum absolute atomic E-state index is 13.4. The Kier molecular flexibility index (Phi) is 7.50. The maximum atomic E-state index is 13.4. The van der Waals surface area contributed by atoms with Crippen molar-refractivity contribution in [2.24, 2.45) is 5.92 Å². The Hall–Kier alpha value is -3.64. The van der Waals surface area contributed by atoms with E-state index in [9.17, 15) is 22.8 Å². The highest BCUT2D eigenvalue weighted by atomic mass is 35.5. The minimum atomic E-state index is -3.68. The van der Waals surface area contributed by atoms with Gasteiger partial charge >= 0.3 is 0 Å². The summed E-state index contributed by atoms with van der Waals surface area (Å²) in [5.41, 5.74) is 0.434. The number of aromatic nitrogens is 1. The lowest BCUT2D eigenvalue weighted by molar-refractivity contribution is -0.130. The van der Waals surface area contributed by atoms with Crippen LogP contribution in [0, 0.1) is 5.92 Å². The number of carbonyl (C=O) groups excluding carboxylic acids is 3. The van der Waals surface area contributed by atoms with Gasteiger partial charge in [0.1, 0.15) is 17.1 Å². The summed E-state index contributed by atoms with van der Waals surface area (Å²) in [6.45, 7) is 0.762. The average Bonchev–Trinajstić information content (AvgIpc) is 3.49. The van der Waals surface area contributed by atoms with Gasteiger partial charge in [-0.05, 0) is 56.4 Å². The van der Waals surface area contributed by atoms with E-state index in [-0.39, 0.29) is 57.7 Å². The second-order valence-corrected chi connectivity index (χ2v) is 12.0. The molecule has 1 saturated carbocycles. The van der Waals surface area contributed by atoms with Crippen molar-refractivity contribution >= 4 is 67.5 Å². The van der Waals surface area contributed by atoms with Crippen molar-refractivity contribution in [3.63, 3.8) is 0 Å². The van der Waals surface area contributed by atoms with Crippen LogP contribution in [0.15, 0.2) is 40.9 Å². The second-order valence-electron chi connectivity index (χ2n) is 9.86. The number of furan rings is 1. The van der Waals surface area contributed by atoms with E-state index in [1.807, 2.05) is 4.90 Å². The minimum absolute atomic E-state index is 0.0602. The summed E-state index contributed by atoms with van der Waals surface area (Å²) >= 11 is 5.88. The Morgan fingerprint density at radius 1 is 1.10 bits per heavy atom. The van der Waals surface area contributed by atoms with Crippen molar-refractivity contribution < 1.29 is 27.2 Å². The van der Waals surface area contributed by atoms with E-state index in [1.165, 1.54) is 18.3 Å². The van der Waals surface area contributed by atoms with Gasteiger partial charge in [0.15, 0.2) is 0 Å². The van der Waals surface area contributed by atoms with Crippen molar-refractivity contribution in [3.8, 4) is 0 Å². The number of hydrogen-bond donors (Lipinski definition) is 3. The molecule has 0 bridgehead atoms. The maximum Gasteiger partial charge on any atom is 0.294 e. The van der Waals surface area contributed by atoms with Crippen LogP contribution in [-0.2, 0) is 19.6 Å². The normalized spacial score (nSPS) is 19.7. The lowest BCUT2D eigenvalue weighted by atomic mass is 9.84. The highest BCUT2D eigenvalue weighted by Gasteiger charge is 2.34. The lowest BCUT2D eigenvalue weighted by Gasteiger charge is -2.34. The molecule has 39 heavy (non-hydrogen) atoms. The van der Waals surface area contributed by atoms with E-state index in [4.69, 9.17) is 16.0 Å². The highest BCUT2D eigenvalue weighted by Crippen LogP contribution is 2.38. The quantitative estimate of drug-likeness (QED) is 0.383. The Balaban J connectivity index is 1.43. The van der Waals surface area contributed by atoms with Crippen LogP contribution < -0.4 is 15.4 Å². The summed E-state index contributed by atoms with van der Waals surface area (Å²) in [5, 5.41) is 6.11. The van der Waals surface area contributed by atoms with Crippen LogP contribution in [0.3, 0.4) is 0 Å². The molecule has 1 aliphatic heterocycles. The van der Waals surface area contributed by atoms with E-state index in [2.05, 4.69) is 20.3 Å². The summed E-state index contributed by atoms with van der Waals surface area (Å²) in [6.07, 6.45) is 6.42. The Bertz CT molecular complexity index is 1530. The van der Waals surface area contributed by atoms with Gasteiger partial charge in [0.2, 0.25) is 27.6 Å². The average molecular weight is 574 g/mol. The van der Waals surface area contributed by atoms with Gasteiger partial charge in [-0.1, -0.05) is 17.7 Å². The molecule has 13 heteroatoms. The zero-order valence-corrected chi connectivity index (χ0v) is 22.8. The van der Waals surface area contributed by atoms with E-state index < -0.39 is 15.9 Å². The van der Waals surface area contributed by atoms with E-state index >= 15 is 0 Å². The standard InChI is InChI=1S/C26H28ClN5O6S/c1-39(36,37)31-18-4-2-5-19-22(18)23(24(38-19)26(35)29-20-12-9-16(27)14-28-20)30-25(34)15-7-10-17(11-8-15)32-13-3-6-21(32)33/h2,4-5,9,12,14-15,17,31H,3,6-8,10-11,13H2,1H3,(H,30,34)(H,28,29,35)/t15-,17-. The lowest BCUT2D eigenvalue weighted by Crippen LogP contribution is -2.40. The molecule has 0 spiro atoms. The minimum Gasteiger partial charge on any atom is -0.449 e. The largest absolute Gasteiger partial charge is 0.449 e. The van der Waals surface area contributed by atoms with Crippen LogP contribution in [0.2, 0.25) is 5.02 Å². The van der Waals surface area contributed by atoms with Crippen molar-refractivity contribution in [2.45, 2.75) is 44.6 Å². The number of nitrogens with zero attached hydrogens (tertiary/aromatic N) is 2. The van der Waals surface area contributed by atoms with Crippen molar-refractivity contribution in [3.05, 3.63) is 47.3 Å². The SMILES string of the molecule is CS(=O)(=O)Nc1cccc2oc(C(=O)Nc3ccc(Cl)cn3)c(NC(=O)[C@H]3CC[C@H](N4CCCC4=O)CC3)c12. The zero-order chi connectivity index (χ0) is 27.7. The molecule has 1 aliphatic carbocycles. The van der Waals surface area contributed by atoms with Gasteiger partial charge in [-0.2, -0.15) is 0 Å². The number of benzene rings is 1. The molecular weight excluding hydrogens is 546 g/mol. The number of rotatable bonds is 7. The highest BCUT2D eigenvalue weighted by molar-refractivity contribution is 7.92. The van der Waals surface area contributed by atoms with Crippen LogP contribution >= 0.6 is 11.6 Å². The topological polar surface area (TPSA) is 151 Å². The van der Waals surface area contributed by atoms with Gasteiger partial charge in [0.25, 0.3) is 5.91 Å². The first-order valence-corrected chi connectivity index (χ1v) is 14.9. The first-order valence-electron chi connectivity index (χ1n) is 12.7. The van der Waals surface area contributed by atoms with E-state index in [0.29, 0.717) is 37.1 Å². The van der Waals surface area contributed by atoms with Gasteiger partial charge in [-0.3, -0.25) is 19.1 Å². The smallest absolute Gasteiger partial charge is 0.294 e. The van der Waals surface area contributed by atoms with Gasteiger partial charge in [0.05, 0.1) is 22.4 Å². The van der Waals surface area contributed by atoms with Crippen molar-refractivity contribution in [1.82, 2.24) is 9.88 Å². The van der Waals surface area contributed by atoms with Gasteiger partial charge in [-0.25, -0.2) is 13.4 Å². The molecule has 3 N–H and O–H groups in total. The first-order chi connectivity index (χ1) is 18.6. The molecule has 0 radical (unpaired) electrons. The second kappa shape index (κ2) is 10.9. The molecule has 2 aromatic heterocycles. The van der Waals surface area contributed by atoms with E-state index in [0.717, 1.165) is 19.2 Å². The Labute approximate surface area is 230 Å². The van der Waals surface area contributed by atoms with Crippen LogP contribution in [0.1, 0.15) is 49.1 Å². The molecule has 5 rings (SSSR count). The monoisotopic (exact) mass is 573 g/mol. The fourth-order valence-corrected chi connectivity index (χ4v) is 5.95. The van der Waals surface area contributed by atoms with Crippen LogP contribution in [0.25, 0.3) is 11.0 Å². The molecule has 3 heterocycles. The summed E-state index contributed by atoms with van der Waals surface area (Å²) in [5.74, 6) is -1.15. The predicted octanol–water partition coefficient (Wildman–Crippen LogP) is 4.22. The third kappa shape index (κ3) is 6.01. The Morgan fingerprint density at radius 2 is 1.87 bits per heavy atom. The zero-order valence-electron chi connectivity index (χ0n) is 21.2. The van der Waals surface area contributed by atoms with Crippen LogP contribution in [0.4, 0.5) is 17.2 Å². The molecular formula is C26H28ClN5O6S. The summed E-state index contributed by atoms with van der Waals surface area (Å²) < 4.78 is 32.4. The van der Waals surface area contributed by atoms with Crippen molar-refractivity contribution in [1.29, 1.82) is 0 Å². The number of anilines is 3. The number of fused-ring (bicyclic) bond motifs is 1. The van der Waals surface area contributed by atoms with Crippen LogP contribution in [-0.4, -0.2) is 54.9 Å². The molecule has 2 fully saturated rings. The molecule has 3 amide bonds. The van der Waals surface area contributed by atoms with E-state index in [1.54, 1.807) is 18.2 Å². The molecule has 0 unspecified atom stereocenters. The van der Waals surface area contributed by atoms with Crippen molar-refractivity contribution in [2.75, 3.05) is 28.2 Å². The third-order valence-electron chi connectivity index (χ3n) is 7.05. The number of nitrogens with one attached hydrogen (secondary N) is 3. The molecule has 0 atom stereocenters. The fourth-order valence-electron chi connectivity index (χ4n) is 5.27. The molecule has 206 valence electrons. The molecule has 1 saturated heterocycles. The molecule has 3 aromatic rings. The number of hydrogen-bond acceptors (Lipinski definition) is 7. The van der Waals surface area contributed by atoms with Gasteiger partial charge in [0, 0.05) is 31.1 Å². The van der Waals surface area contributed by atoms with Crippen LogP contribution in [0.5, 0.6) is 0 Å². The summed E-state index contributed by atoms with van der Waals surface area (Å²) in [4.78, 5) is 44.8. The molecule has 1 aromatic carbocycles. The number of pyridine rings is 1. The number of likely N-dealkylation sites (tertiary alicyclic amines) is 1. The number of sulfonamides is 1. The first kappa shape index (κ1) is 26.9. The number of halogens is 1. The number of carbonyl (C=O) groups is 3. The molecule has 11 nitrogen and oxygen atoms in total. The predicted molar refractivity (Wildman–Crippen MR) is 147 cm³/mol. The van der Waals surface area contributed by atoms with Gasteiger partial charge in [-0.15, -0.1) is 0 Å². The molecule has 2 aliphatic rings. The summed E-state index contributed by atoms with van der Waals surface area (Å²) in [7, 11) is -3.68. The summed E-state index contributed by atoms with van der Waals surface area (Å²) in [6, 6.07) is 7.89. The van der Waals surface area contributed by atoms with Gasteiger partial charge < -0.3 is 20.0 Å². The third-order valence-corrected chi connectivity index (χ3v) is 7.87.